The zero-order valence-electron chi connectivity index (χ0n) is 17.2. The zero-order chi connectivity index (χ0) is 18.4. The van der Waals surface area contributed by atoms with Crippen molar-refractivity contribution in [2.75, 3.05) is 0 Å². The summed E-state index contributed by atoms with van der Waals surface area (Å²) in [5, 5.41) is 11.9. The molecule has 134 valence electrons. The molecule has 0 bridgehead atoms. The van der Waals surface area contributed by atoms with Gasteiger partial charge in [0.25, 0.3) is 0 Å². The summed E-state index contributed by atoms with van der Waals surface area (Å²) in [6, 6.07) is 0. The van der Waals surface area contributed by atoms with Gasteiger partial charge >= 0.3 is 0 Å². The molecule has 0 heterocycles. The highest BCUT2D eigenvalue weighted by Crippen LogP contribution is 2.64. The molecule has 1 nitrogen and oxygen atoms in total. The van der Waals surface area contributed by atoms with E-state index in [0.717, 1.165) is 6.42 Å². The van der Waals surface area contributed by atoms with Crippen LogP contribution in [0, 0.1) is 33.5 Å². The first kappa shape index (κ1) is 20.5. The van der Waals surface area contributed by atoms with Gasteiger partial charge < -0.3 is 5.11 Å². The second-order valence-corrected chi connectivity index (χ2v) is 10.3. The van der Waals surface area contributed by atoms with E-state index >= 15 is 0 Å². The van der Waals surface area contributed by atoms with Gasteiger partial charge in [0.2, 0.25) is 0 Å². The SMILES string of the molecule is C=CC1=CC(C(C)C)(C(C)(C)C)C(O)C(C(C)C)(C(C)(C)C)C1. The van der Waals surface area contributed by atoms with Crippen LogP contribution in [-0.4, -0.2) is 11.2 Å². The van der Waals surface area contributed by atoms with E-state index in [1.165, 1.54) is 5.57 Å². The molecule has 0 saturated carbocycles. The highest BCUT2D eigenvalue weighted by atomic mass is 16.3. The molecule has 0 aromatic rings. The van der Waals surface area contributed by atoms with Crippen molar-refractivity contribution in [1.29, 1.82) is 0 Å². The maximum absolute atomic E-state index is 11.9. The molecule has 1 heteroatoms. The van der Waals surface area contributed by atoms with E-state index < -0.39 is 0 Å². The lowest BCUT2D eigenvalue weighted by Crippen LogP contribution is -2.63. The quantitative estimate of drug-likeness (QED) is 0.652. The summed E-state index contributed by atoms with van der Waals surface area (Å²) in [6.07, 6.45) is 4.89. The maximum Gasteiger partial charge on any atom is 0.0705 e. The average molecular weight is 321 g/mol. The summed E-state index contributed by atoms with van der Waals surface area (Å²) >= 11 is 0. The van der Waals surface area contributed by atoms with Crippen LogP contribution < -0.4 is 0 Å². The molecular weight excluding hydrogens is 280 g/mol. The summed E-state index contributed by atoms with van der Waals surface area (Å²) in [4.78, 5) is 0. The van der Waals surface area contributed by atoms with Crippen LogP contribution in [0.3, 0.4) is 0 Å². The Hall–Kier alpha value is -0.560. The van der Waals surface area contributed by atoms with Crippen molar-refractivity contribution in [1.82, 2.24) is 0 Å². The van der Waals surface area contributed by atoms with Crippen molar-refractivity contribution in [3.8, 4) is 0 Å². The van der Waals surface area contributed by atoms with Gasteiger partial charge in [-0.15, -0.1) is 0 Å². The fourth-order valence-electron chi connectivity index (χ4n) is 5.46. The van der Waals surface area contributed by atoms with Crippen LogP contribution in [-0.2, 0) is 0 Å². The molecule has 3 atom stereocenters. The van der Waals surface area contributed by atoms with Gasteiger partial charge in [0.05, 0.1) is 6.10 Å². The molecule has 0 fully saturated rings. The van der Waals surface area contributed by atoms with Crippen LogP contribution in [0.25, 0.3) is 0 Å². The van der Waals surface area contributed by atoms with Crippen LogP contribution in [0.2, 0.25) is 0 Å². The minimum absolute atomic E-state index is 0.00843. The largest absolute Gasteiger partial charge is 0.392 e. The van der Waals surface area contributed by atoms with Gasteiger partial charge in [-0.1, -0.05) is 93.5 Å². The van der Waals surface area contributed by atoms with Crippen LogP contribution >= 0.6 is 0 Å². The van der Waals surface area contributed by atoms with E-state index in [9.17, 15) is 5.11 Å². The Morgan fingerprint density at radius 2 is 1.52 bits per heavy atom. The van der Waals surface area contributed by atoms with Gasteiger partial charge in [-0.3, -0.25) is 0 Å². The number of hydrogen-bond donors (Lipinski definition) is 1. The molecule has 0 radical (unpaired) electrons. The van der Waals surface area contributed by atoms with E-state index in [-0.39, 0.29) is 27.8 Å². The average Bonchev–Trinajstić information content (AvgIpc) is 2.35. The number of allylic oxidation sites excluding steroid dienone is 2. The van der Waals surface area contributed by atoms with Crippen molar-refractivity contribution in [2.24, 2.45) is 33.5 Å². The minimum atomic E-state index is -0.376. The second-order valence-electron chi connectivity index (χ2n) is 10.3. The summed E-state index contributed by atoms with van der Waals surface area (Å²) in [7, 11) is 0. The Balaban J connectivity index is 3.84. The van der Waals surface area contributed by atoms with Gasteiger partial charge in [0.15, 0.2) is 0 Å². The number of aliphatic hydroxyl groups is 1. The third-order valence-corrected chi connectivity index (χ3v) is 6.80. The highest BCUT2D eigenvalue weighted by Gasteiger charge is 2.62. The molecule has 0 amide bonds. The van der Waals surface area contributed by atoms with Crippen molar-refractivity contribution in [3.63, 3.8) is 0 Å². The second kappa shape index (κ2) is 6.06. The summed E-state index contributed by atoms with van der Waals surface area (Å²) in [6.45, 7) is 26.8. The van der Waals surface area contributed by atoms with E-state index in [1.807, 2.05) is 6.08 Å². The molecule has 0 saturated heterocycles. The molecule has 1 aliphatic rings. The molecule has 0 aromatic heterocycles. The Kier molecular flexibility index (Phi) is 5.40. The van der Waals surface area contributed by atoms with E-state index in [0.29, 0.717) is 11.8 Å². The Labute approximate surface area is 145 Å². The third-order valence-electron chi connectivity index (χ3n) is 6.80. The summed E-state index contributed by atoms with van der Waals surface area (Å²) < 4.78 is 0. The zero-order valence-corrected chi connectivity index (χ0v) is 17.2. The first-order valence-electron chi connectivity index (χ1n) is 9.20. The molecule has 0 aliphatic heterocycles. The standard InChI is InChI=1S/C22H40O/c1-12-17-13-21(15(2)3,19(6,7)8)18(23)22(14-17,16(4)5)20(9,10)11/h12-13,15-16,18,23H,1,14H2,2-11H3. The van der Waals surface area contributed by atoms with Crippen LogP contribution in [0.1, 0.15) is 75.7 Å². The molecule has 1 aliphatic carbocycles. The lowest BCUT2D eigenvalue weighted by atomic mass is 9.42. The first-order valence-corrected chi connectivity index (χ1v) is 9.20. The van der Waals surface area contributed by atoms with Gasteiger partial charge in [-0.25, -0.2) is 0 Å². The molecule has 23 heavy (non-hydrogen) atoms. The van der Waals surface area contributed by atoms with E-state index in [4.69, 9.17) is 0 Å². The van der Waals surface area contributed by atoms with E-state index in [1.54, 1.807) is 0 Å². The van der Waals surface area contributed by atoms with Crippen molar-refractivity contribution < 1.29 is 5.11 Å². The van der Waals surface area contributed by atoms with E-state index in [2.05, 4.69) is 81.9 Å². The summed E-state index contributed by atoms with van der Waals surface area (Å²) in [5.74, 6) is 0.745. The van der Waals surface area contributed by atoms with Crippen LogP contribution in [0.4, 0.5) is 0 Å². The molecule has 0 spiro atoms. The molecule has 3 unspecified atom stereocenters. The van der Waals surface area contributed by atoms with Gasteiger partial charge in [0, 0.05) is 10.8 Å². The molecular formula is C22H40O. The molecule has 1 N–H and O–H groups in total. The van der Waals surface area contributed by atoms with Crippen molar-refractivity contribution in [3.05, 3.63) is 24.3 Å². The first-order chi connectivity index (χ1) is 10.2. The Morgan fingerprint density at radius 1 is 1.04 bits per heavy atom. The van der Waals surface area contributed by atoms with Gasteiger partial charge in [-0.2, -0.15) is 0 Å². The normalized spacial score (nSPS) is 33.1. The Morgan fingerprint density at radius 3 is 1.78 bits per heavy atom. The summed E-state index contributed by atoms with van der Waals surface area (Å²) in [5.41, 5.74) is 0.854. The smallest absolute Gasteiger partial charge is 0.0705 e. The maximum atomic E-state index is 11.9. The number of aliphatic hydroxyl groups excluding tert-OH is 1. The lowest BCUT2D eigenvalue weighted by molar-refractivity contribution is -0.183. The molecule has 0 aromatic carbocycles. The lowest BCUT2D eigenvalue weighted by Gasteiger charge is -2.63. The molecule has 1 rings (SSSR count). The third kappa shape index (κ3) is 2.84. The fraction of sp³-hybridized carbons (Fsp3) is 0.818. The van der Waals surface area contributed by atoms with Crippen LogP contribution in [0.15, 0.2) is 24.3 Å². The van der Waals surface area contributed by atoms with Gasteiger partial charge in [0.1, 0.15) is 0 Å². The van der Waals surface area contributed by atoms with Crippen molar-refractivity contribution in [2.45, 2.75) is 81.8 Å². The minimum Gasteiger partial charge on any atom is -0.392 e. The predicted octanol–water partition coefficient (Wildman–Crippen LogP) is 6.24. The van der Waals surface area contributed by atoms with Gasteiger partial charge in [-0.05, 0) is 29.1 Å². The topological polar surface area (TPSA) is 20.2 Å². The fourth-order valence-corrected chi connectivity index (χ4v) is 5.46. The highest BCUT2D eigenvalue weighted by molar-refractivity contribution is 5.32. The monoisotopic (exact) mass is 320 g/mol. The van der Waals surface area contributed by atoms with Crippen molar-refractivity contribution >= 4 is 0 Å². The predicted molar refractivity (Wildman–Crippen MR) is 102 cm³/mol. The Bertz CT molecular complexity index is 469. The number of rotatable bonds is 3. The van der Waals surface area contributed by atoms with Crippen LogP contribution in [0.5, 0.6) is 0 Å². The number of hydrogen-bond acceptors (Lipinski definition) is 1.